The van der Waals surface area contributed by atoms with Crippen LogP contribution in [0.4, 0.5) is 19.0 Å². The van der Waals surface area contributed by atoms with E-state index in [0.29, 0.717) is 17.3 Å². The number of nitrogens with zero attached hydrogens (tertiary/aromatic N) is 4. The highest BCUT2D eigenvalue weighted by atomic mass is 19.4. The van der Waals surface area contributed by atoms with Gasteiger partial charge in [0.2, 0.25) is 0 Å². The summed E-state index contributed by atoms with van der Waals surface area (Å²) in [6.07, 6.45) is -4.36. The molecule has 0 saturated heterocycles. The normalized spacial score (nSPS) is 12.7. The van der Waals surface area contributed by atoms with E-state index in [4.69, 9.17) is 4.74 Å². The van der Waals surface area contributed by atoms with Crippen LogP contribution in [0.2, 0.25) is 0 Å². The monoisotopic (exact) mass is 413 g/mol. The SMILES string of the molecule is CC(Nc1ccc2nnc(-c3ccccc3)n2n1)c1ccc(OCC(F)(F)F)cc1. The molecular weight excluding hydrogens is 395 g/mol. The molecule has 0 aliphatic carbocycles. The fraction of sp³-hybridized carbons (Fsp3) is 0.190. The summed E-state index contributed by atoms with van der Waals surface area (Å²) in [5, 5.41) is 16.2. The highest BCUT2D eigenvalue weighted by Crippen LogP contribution is 2.24. The third kappa shape index (κ3) is 4.51. The number of aromatic nitrogens is 4. The first-order chi connectivity index (χ1) is 14.4. The number of halogens is 3. The summed E-state index contributed by atoms with van der Waals surface area (Å²) >= 11 is 0. The van der Waals surface area contributed by atoms with Crippen molar-refractivity contribution in [3.8, 4) is 17.1 Å². The average molecular weight is 413 g/mol. The Morgan fingerprint density at radius 2 is 1.70 bits per heavy atom. The van der Waals surface area contributed by atoms with E-state index in [0.717, 1.165) is 11.1 Å². The average Bonchev–Trinajstić information content (AvgIpc) is 3.16. The van der Waals surface area contributed by atoms with Crippen LogP contribution in [0.1, 0.15) is 18.5 Å². The van der Waals surface area contributed by atoms with Crippen LogP contribution in [0.5, 0.6) is 5.75 Å². The van der Waals surface area contributed by atoms with Crippen LogP contribution in [-0.4, -0.2) is 32.6 Å². The van der Waals surface area contributed by atoms with Gasteiger partial charge in [-0.05, 0) is 36.8 Å². The maximum Gasteiger partial charge on any atom is 0.422 e. The van der Waals surface area contributed by atoms with Crippen LogP contribution in [-0.2, 0) is 0 Å². The Labute approximate surface area is 170 Å². The Bertz CT molecular complexity index is 1130. The molecular formula is C21H18F3N5O. The summed E-state index contributed by atoms with van der Waals surface area (Å²) in [5.41, 5.74) is 2.40. The van der Waals surface area contributed by atoms with Gasteiger partial charge in [0.1, 0.15) is 11.6 Å². The van der Waals surface area contributed by atoms with Crippen molar-refractivity contribution in [1.29, 1.82) is 0 Å². The lowest BCUT2D eigenvalue weighted by Gasteiger charge is -2.16. The van der Waals surface area contributed by atoms with Gasteiger partial charge in [-0.3, -0.25) is 0 Å². The summed E-state index contributed by atoms with van der Waals surface area (Å²) < 4.78 is 43.2. The number of nitrogens with one attached hydrogen (secondary N) is 1. The van der Waals surface area contributed by atoms with Gasteiger partial charge in [0, 0.05) is 5.56 Å². The van der Waals surface area contributed by atoms with Crippen molar-refractivity contribution < 1.29 is 17.9 Å². The van der Waals surface area contributed by atoms with Crippen LogP contribution in [0.15, 0.2) is 66.7 Å². The minimum Gasteiger partial charge on any atom is -0.484 e. The van der Waals surface area contributed by atoms with E-state index < -0.39 is 12.8 Å². The lowest BCUT2D eigenvalue weighted by Crippen LogP contribution is -2.19. The number of benzene rings is 2. The van der Waals surface area contributed by atoms with Crippen molar-refractivity contribution in [3.05, 3.63) is 72.3 Å². The van der Waals surface area contributed by atoms with Crippen molar-refractivity contribution in [2.45, 2.75) is 19.1 Å². The second-order valence-electron chi connectivity index (χ2n) is 6.72. The minimum absolute atomic E-state index is 0.136. The highest BCUT2D eigenvalue weighted by molar-refractivity contribution is 5.59. The van der Waals surface area contributed by atoms with Crippen LogP contribution in [0.25, 0.3) is 17.0 Å². The fourth-order valence-electron chi connectivity index (χ4n) is 2.96. The third-order valence-electron chi connectivity index (χ3n) is 4.44. The third-order valence-corrected chi connectivity index (χ3v) is 4.44. The summed E-state index contributed by atoms with van der Waals surface area (Å²) in [4.78, 5) is 0. The Morgan fingerprint density at radius 1 is 0.967 bits per heavy atom. The molecule has 30 heavy (non-hydrogen) atoms. The van der Waals surface area contributed by atoms with Crippen molar-refractivity contribution in [3.63, 3.8) is 0 Å². The molecule has 2 heterocycles. The number of ether oxygens (including phenoxy) is 1. The van der Waals surface area contributed by atoms with Crippen molar-refractivity contribution in [2.75, 3.05) is 11.9 Å². The highest BCUT2D eigenvalue weighted by Gasteiger charge is 2.28. The van der Waals surface area contributed by atoms with Crippen molar-refractivity contribution in [1.82, 2.24) is 19.8 Å². The van der Waals surface area contributed by atoms with Gasteiger partial charge < -0.3 is 10.1 Å². The van der Waals surface area contributed by atoms with Crippen molar-refractivity contribution >= 4 is 11.5 Å². The van der Waals surface area contributed by atoms with Crippen LogP contribution in [0, 0.1) is 0 Å². The molecule has 4 rings (SSSR count). The molecule has 1 N–H and O–H groups in total. The minimum atomic E-state index is -4.36. The molecule has 0 spiro atoms. The zero-order chi connectivity index (χ0) is 21.1. The van der Waals surface area contributed by atoms with E-state index >= 15 is 0 Å². The molecule has 0 amide bonds. The summed E-state index contributed by atoms with van der Waals surface area (Å²) in [7, 11) is 0. The van der Waals surface area contributed by atoms with Gasteiger partial charge in [-0.25, -0.2) is 0 Å². The lowest BCUT2D eigenvalue weighted by atomic mass is 10.1. The number of hydrogen-bond acceptors (Lipinski definition) is 5. The zero-order valence-corrected chi connectivity index (χ0v) is 16.0. The van der Waals surface area contributed by atoms with Crippen LogP contribution >= 0.6 is 0 Å². The number of alkyl halides is 3. The second-order valence-corrected chi connectivity index (χ2v) is 6.72. The quantitative estimate of drug-likeness (QED) is 0.487. The van der Waals surface area contributed by atoms with E-state index in [1.54, 1.807) is 22.7 Å². The predicted molar refractivity (Wildman–Crippen MR) is 106 cm³/mol. The maximum atomic E-state index is 12.3. The summed E-state index contributed by atoms with van der Waals surface area (Å²) in [6.45, 7) is 0.620. The molecule has 1 unspecified atom stereocenters. The largest absolute Gasteiger partial charge is 0.484 e. The van der Waals surface area contributed by atoms with Gasteiger partial charge in [0.25, 0.3) is 0 Å². The van der Waals surface area contributed by atoms with E-state index in [9.17, 15) is 13.2 Å². The van der Waals surface area contributed by atoms with Gasteiger partial charge in [-0.15, -0.1) is 15.3 Å². The number of anilines is 1. The molecule has 1 atom stereocenters. The van der Waals surface area contributed by atoms with Gasteiger partial charge in [-0.1, -0.05) is 42.5 Å². The Hall–Kier alpha value is -3.62. The van der Waals surface area contributed by atoms with E-state index in [1.807, 2.05) is 43.3 Å². The summed E-state index contributed by atoms with van der Waals surface area (Å²) in [6, 6.07) is 19.6. The molecule has 4 aromatic rings. The number of fused-ring (bicyclic) bond motifs is 1. The van der Waals surface area contributed by atoms with E-state index in [-0.39, 0.29) is 11.8 Å². The zero-order valence-electron chi connectivity index (χ0n) is 16.0. The first kappa shape index (κ1) is 19.7. The predicted octanol–water partition coefficient (Wildman–Crippen LogP) is 4.91. The van der Waals surface area contributed by atoms with Crippen LogP contribution < -0.4 is 10.1 Å². The topological polar surface area (TPSA) is 64.3 Å². The second kappa shape index (κ2) is 8.02. The number of rotatable bonds is 6. The Kier molecular flexibility index (Phi) is 5.26. The van der Waals surface area contributed by atoms with E-state index in [1.165, 1.54) is 12.1 Å². The summed E-state index contributed by atoms with van der Waals surface area (Å²) in [5.74, 6) is 1.41. The lowest BCUT2D eigenvalue weighted by molar-refractivity contribution is -0.153. The Balaban J connectivity index is 1.50. The molecule has 0 aliphatic rings. The molecule has 154 valence electrons. The molecule has 0 fully saturated rings. The maximum absolute atomic E-state index is 12.3. The first-order valence-electron chi connectivity index (χ1n) is 9.23. The molecule has 2 aromatic heterocycles. The van der Waals surface area contributed by atoms with Crippen molar-refractivity contribution in [2.24, 2.45) is 0 Å². The first-order valence-corrected chi connectivity index (χ1v) is 9.23. The standard InChI is InChI=1S/C21H18F3N5O/c1-14(15-7-9-17(10-8-15)30-13-21(22,23)24)25-18-11-12-19-26-27-20(29(19)28-18)16-5-3-2-4-6-16/h2-12,14H,13H2,1H3,(H,25,28). The molecule has 2 aromatic carbocycles. The molecule has 0 aliphatic heterocycles. The van der Waals surface area contributed by atoms with E-state index in [2.05, 4.69) is 20.6 Å². The smallest absolute Gasteiger partial charge is 0.422 e. The molecule has 0 bridgehead atoms. The van der Waals surface area contributed by atoms with Gasteiger partial charge in [0.15, 0.2) is 18.1 Å². The van der Waals surface area contributed by atoms with Crippen LogP contribution in [0.3, 0.4) is 0 Å². The molecule has 0 saturated carbocycles. The van der Waals surface area contributed by atoms with Gasteiger partial charge in [0.05, 0.1) is 6.04 Å². The fourth-order valence-corrected chi connectivity index (χ4v) is 2.96. The van der Waals surface area contributed by atoms with Gasteiger partial charge >= 0.3 is 6.18 Å². The van der Waals surface area contributed by atoms with Gasteiger partial charge in [-0.2, -0.15) is 17.7 Å². The molecule has 0 radical (unpaired) electrons. The number of hydrogen-bond donors (Lipinski definition) is 1. The molecule has 6 nitrogen and oxygen atoms in total. The molecule has 9 heteroatoms. The Morgan fingerprint density at radius 3 is 2.40 bits per heavy atom.